The molecule has 1 unspecified atom stereocenters. The Labute approximate surface area is 108 Å². The normalized spacial score (nSPS) is 11.8. The Balaban J connectivity index is 2.11. The molecule has 0 radical (unpaired) electrons. The molecule has 1 heterocycles. The van der Waals surface area contributed by atoms with E-state index in [9.17, 15) is 14.9 Å². The molecule has 0 aliphatic heterocycles. The largest absolute Gasteiger partial charge is 0.472 e. The Morgan fingerprint density at radius 1 is 1.42 bits per heavy atom. The van der Waals surface area contributed by atoms with E-state index in [0.717, 1.165) is 0 Å². The molecule has 0 saturated heterocycles. The molecule has 2 aromatic rings. The second-order valence-electron chi connectivity index (χ2n) is 3.91. The molecule has 0 amide bonds. The zero-order chi connectivity index (χ0) is 13.8. The number of carbonyl (C=O) groups is 1. The Morgan fingerprint density at radius 3 is 2.84 bits per heavy atom. The minimum atomic E-state index is -0.581. The summed E-state index contributed by atoms with van der Waals surface area (Å²) in [7, 11) is 0. The smallest absolute Gasteiger partial charge is 0.342 e. The molecule has 1 aromatic heterocycles. The van der Waals surface area contributed by atoms with Gasteiger partial charge in [-0.2, -0.15) is 0 Å². The number of hydrogen-bond acceptors (Lipinski definition) is 5. The number of ether oxygens (including phenoxy) is 1. The van der Waals surface area contributed by atoms with E-state index in [1.807, 2.05) is 0 Å². The molecule has 0 bridgehead atoms. The van der Waals surface area contributed by atoms with Gasteiger partial charge in [0.05, 0.1) is 16.7 Å². The first kappa shape index (κ1) is 12.8. The van der Waals surface area contributed by atoms with Crippen LogP contribution in [-0.2, 0) is 4.74 Å². The van der Waals surface area contributed by atoms with Gasteiger partial charge in [-0.05, 0) is 18.6 Å². The van der Waals surface area contributed by atoms with Crippen molar-refractivity contribution in [2.75, 3.05) is 0 Å². The van der Waals surface area contributed by atoms with Crippen molar-refractivity contribution < 1.29 is 18.9 Å². The van der Waals surface area contributed by atoms with Gasteiger partial charge in [0.15, 0.2) is 0 Å². The van der Waals surface area contributed by atoms with Crippen LogP contribution in [0.4, 0.5) is 5.69 Å². The van der Waals surface area contributed by atoms with E-state index in [1.54, 1.807) is 19.1 Å². The van der Waals surface area contributed by atoms with E-state index in [0.29, 0.717) is 11.1 Å². The van der Waals surface area contributed by atoms with Gasteiger partial charge in [-0.1, -0.05) is 12.1 Å². The molecular weight excluding hydrogens is 250 g/mol. The average Bonchev–Trinajstić information content (AvgIpc) is 2.92. The summed E-state index contributed by atoms with van der Waals surface area (Å²) in [6, 6.07) is 7.47. The van der Waals surface area contributed by atoms with E-state index in [2.05, 4.69) is 0 Å². The number of hydrogen-bond donors (Lipinski definition) is 0. The number of furan rings is 1. The molecule has 0 fully saturated rings. The maximum Gasteiger partial charge on any atom is 0.342 e. The summed E-state index contributed by atoms with van der Waals surface area (Å²) in [5.41, 5.74) is 0.826. The lowest BCUT2D eigenvalue weighted by atomic mass is 10.1. The van der Waals surface area contributed by atoms with Crippen molar-refractivity contribution in [1.82, 2.24) is 0 Å². The van der Waals surface area contributed by atoms with Crippen LogP contribution in [0.15, 0.2) is 47.3 Å². The third-order valence-electron chi connectivity index (χ3n) is 2.59. The van der Waals surface area contributed by atoms with Crippen LogP contribution in [0.5, 0.6) is 0 Å². The lowest BCUT2D eigenvalue weighted by Crippen LogP contribution is -2.08. The minimum absolute atomic E-state index is 0.0382. The van der Waals surface area contributed by atoms with Gasteiger partial charge in [0.25, 0.3) is 5.69 Å². The topological polar surface area (TPSA) is 82.6 Å². The summed E-state index contributed by atoms with van der Waals surface area (Å²) in [5, 5.41) is 10.7. The zero-order valence-electron chi connectivity index (χ0n) is 10.1. The number of benzene rings is 1. The van der Waals surface area contributed by atoms with Crippen LogP contribution >= 0.6 is 0 Å². The highest BCUT2D eigenvalue weighted by atomic mass is 16.6. The molecule has 98 valence electrons. The predicted molar refractivity (Wildman–Crippen MR) is 65.6 cm³/mol. The van der Waals surface area contributed by atoms with Gasteiger partial charge >= 0.3 is 5.97 Å². The Bertz CT molecular complexity index is 591. The molecule has 0 saturated carbocycles. The first-order valence-corrected chi connectivity index (χ1v) is 5.55. The van der Waals surface area contributed by atoms with Gasteiger partial charge in [-0.3, -0.25) is 10.1 Å². The zero-order valence-corrected chi connectivity index (χ0v) is 10.1. The third-order valence-corrected chi connectivity index (χ3v) is 2.59. The first-order valence-electron chi connectivity index (χ1n) is 5.55. The Hall–Kier alpha value is -2.63. The second-order valence-corrected chi connectivity index (χ2v) is 3.91. The highest BCUT2D eigenvalue weighted by molar-refractivity contribution is 5.89. The van der Waals surface area contributed by atoms with Gasteiger partial charge in [0.1, 0.15) is 12.4 Å². The molecule has 1 atom stereocenters. The van der Waals surface area contributed by atoms with Crippen LogP contribution in [0.25, 0.3) is 0 Å². The maximum atomic E-state index is 11.7. The standard InChI is InChI=1S/C13H11NO5/c1-9(19-13(15)11-5-6-18-8-11)10-3-2-4-12(7-10)14(16)17/h2-9H,1H3. The minimum Gasteiger partial charge on any atom is -0.472 e. The summed E-state index contributed by atoms with van der Waals surface area (Å²) < 4.78 is 9.98. The average molecular weight is 261 g/mol. The predicted octanol–water partition coefficient (Wildman–Crippen LogP) is 3.11. The van der Waals surface area contributed by atoms with Crippen LogP contribution in [0.3, 0.4) is 0 Å². The van der Waals surface area contributed by atoms with Crippen LogP contribution in [-0.4, -0.2) is 10.9 Å². The van der Waals surface area contributed by atoms with Crippen LogP contribution < -0.4 is 0 Å². The number of non-ortho nitro benzene ring substituents is 1. The molecule has 6 nitrogen and oxygen atoms in total. The molecular formula is C13H11NO5. The number of nitrogens with zero attached hydrogens (tertiary/aromatic N) is 1. The van der Waals surface area contributed by atoms with Gasteiger partial charge in [-0.15, -0.1) is 0 Å². The van der Waals surface area contributed by atoms with Crippen LogP contribution in [0.1, 0.15) is 28.9 Å². The highest BCUT2D eigenvalue weighted by Gasteiger charge is 2.16. The van der Waals surface area contributed by atoms with Crippen molar-refractivity contribution in [2.24, 2.45) is 0 Å². The van der Waals surface area contributed by atoms with Crippen molar-refractivity contribution in [3.63, 3.8) is 0 Å². The number of esters is 1. The van der Waals surface area contributed by atoms with Crippen molar-refractivity contribution in [1.29, 1.82) is 0 Å². The van der Waals surface area contributed by atoms with Crippen LogP contribution in [0, 0.1) is 10.1 Å². The van der Waals surface area contributed by atoms with Gasteiger partial charge in [-0.25, -0.2) is 4.79 Å². The fourth-order valence-electron chi connectivity index (χ4n) is 1.57. The van der Waals surface area contributed by atoms with E-state index < -0.39 is 17.0 Å². The lowest BCUT2D eigenvalue weighted by Gasteiger charge is -2.12. The second kappa shape index (κ2) is 5.34. The molecule has 6 heteroatoms. The van der Waals surface area contributed by atoms with Crippen molar-refractivity contribution in [2.45, 2.75) is 13.0 Å². The molecule has 0 spiro atoms. The third kappa shape index (κ3) is 2.98. The van der Waals surface area contributed by atoms with Crippen LogP contribution in [0.2, 0.25) is 0 Å². The summed E-state index contributed by atoms with van der Waals surface area (Å²) in [6.45, 7) is 1.65. The highest BCUT2D eigenvalue weighted by Crippen LogP contribution is 2.22. The summed E-state index contributed by atoms with van der Waals surface area (Å²) in [4.78, 5) is 21.9. The fraction of sp³-hybridized carbons (Fsp3) is 0.154. The lowest BCUT2D eigenvalue weighted by molar-refractivity contribution is -0.385. The summed E-state index contributed by atoms with van der Waals surface area (Å²) in [5.74, 6) is -0.534. The molecule has 1 aromatic carbocycles. The summed E-state index contributed by atoms with van der Waals surface area (Å²) >= 11 is 0. The van der Waals surface area contributed by atoms with E-state index >= 15 is 0 Å². The number of nitro groups is 1. The maximum absolute atomic E-state index is 11.7. The van der Waals surface area contributed by atoms with Crippen molar-refractivity contribution in [3.8, 4) is 0 Å². The molecule has 0 aliphatic rings. The van der Waals surface area contributed by atoms with Gasteiger partial charge < -0.3 is 9.15 Å². The fourth-order valence-corrected chi connectivity index (χ4v) is 1.57. The first-order chi connectivity index (χ1) is 9.08. The van der Waals surface area contributed by atoms with E-state index in [1.165, 1.54) is 30.7 Å². The Morgan fingerprint density at radius 2 is 2.21 bits per heavy atom. The van der Waals surface area contributed by atoms with Gasteiger partial charge in [0, 0.05) is 12.1 Å². The van der Waals surface area contributed by atoms with Crippen molar-refractivity contribution in [3.05, 3.63) is 64.1 Å². The molecule has 0 N–H and O–H groups in total. The summed E-state index contributed by atoms with van der Waals surface area (Å²) in [6.07, 6.45) is 2.07. The van der Waals surface area contributed by atoms with Gasteiger partial charge in [0.2, 0.25) is 0 Å². The number of rotatable bonds is 4. The molecule has 0 aliphatic carbocycles. The monoisotopic (exact) mass is 261 g/mol. The molecule has 2 rings (SSSR count). The van der Waals surface area contributed by atoms with E-state index in [4.69, 9.17) is 9.15 Å². The number of nitro benzene ring substituents is 1. The Kier molecular flexibility index (Phi) is 3.61. The SMILES string of the molecule is CC(OC(=O)c1ccoc1)c1cccc([N+](=O)[O-])c1. The quantitative estimate of drug-likeness (QED) is 0.479. The van der Waals surface area contributed by atoms with Crippen molar-refractivity contribution >= 4 is 11.7 Å². The molecule has 19 heavy (non-hydrogen) atoms. The number of carbonyl (C=O) groups excluding carboxylic acids is 1. The van der Waals surface area contributed by atoms with E-state index in [-0.39, 0.29) is 5.69 Å².